The molecule has 0 fully saturated rings. The number of aromatic nitrogens is 4. The van der Waals surface area contributed by atoms with Gasteiger partial charge in [-0.3, -0.25) is 0 Å². The summed E-state index contributed by atoms with van der Waals surface area (Å²) in [5.74, 6) is 2.10. The molecule has 1 aromatic carbocycles. The van der Waals surface area contributed by atoms with Gasteiger partial charge in [0.05, 0.1) is 18.2 Å². The van der Waals surface area contributed by atoms with Crippen molar-refractivity contribution < 1.29 is 4.74 Å². The quantitative estimate of drug-likeness (QED) is 0.530. The minimum Gasteiger partial charge on any atom is -0.493 e. The molecule has 116 valence electrons. The highest BCUT2D eigenvalue weighted by Crippen LogP contribution is 2.16. The van der Waals surface area contributed by atoms with Gasteiger partial charge in [-0.25, -0.2) is 9.50 Å². The van der Waals surface area contributed by atoms with Crippen molar-refractivity contribution >= 4 is 17.5 Å². The number of benzene rings is 1. The predicted octanol–water partition coefficient (Wildman–Crippen LogP) is 2.78. The van der Waals surface area contributed by atoms with Gasteiger partial charge >= 0.3 is 0 Å². The van der Waals surface area contributed by atoms with Gasteiger partial charge in [0.15, 0.2) is 0 Å². The first-order valence-electron chi connectivity index (χ1n) is 7.12. The number of nitrogens with zero attached hydrogens (tertiary/aromatic N) is 5. The molecular weight excluding hydrogens is 310 g/mol. The summed E-state index contributed by atoms with van der Waals surface area (Å²) in [6, 6.07) is 11.1. The molecule has 0 N–H and O–H groups in total. The minimum absolute atomic E-state index is 0.539. The van der Waals surface area contributed by atoms with Crippen molar-refractivity contribution in [1.29, 1.82) is 5.26 Å². The molecule has 6 nitrogen and oxygen atoms in total. The Morgan fingerprint density at radius 1 is 1.22 bits per heavy atom. The van der Waals surface area contributed by atoms with Gasteiger partial charge in [-0.1, -0.05) is 11.8 Å². The lowest BCUT2D eigenvalue weighted by Crippen LogP contribution is -2.00. The molecule has 0 spiro atoms. The number of ether oxygens (including phenoxy) is 1. The predicted molar refractivity (Wildman–Crippen MR) is 87.6 cm³/mol. The van der Waals surface area contributed by atoms with E-state index in [1.54, 1.807) is 28.8 Å². The molecule has 0 amide bonds. The van der Waals surface area contributed by atoms with Crippen LogP contribution in [0.15, 0.2) is 35.5 Å². The van der Waals surface area contributed by atoms with Crippen molar-refractivity contribution in [3.8, 4) is 11.8 Å². The second-order valence-electron chi connectivity index (χ2n) is 4.98. The summed E-state index contributed by atoms with van der Waals surface area (Å²) in [5, 5.41) is 13.9. The molecule has 0 atom stereocenters. The largest absolute Gasteiger partial charge is 0.493 e. The lowest BCUT2D eigenvalue weighted by Gasteiger charge is -2.04. The van der Waals surface area contributed by atoms with Gasteiger partial charge in [-0.2, -0.15) is 10.2 Å². The van der Waals surface area contributed by atoms with Crippen LogP contribution in [0.5, 0.6) is 5.75 Å². The lowest BCUT2D eigenvalue weighted by atomic mass is 10.2. The molecule has 0 aliphatic carbocycles. The number of aryl methyl sites for hydroxylation is 2. The summed E-state index contributed by atoms with van der Waals surface area (Å²) in [6.07, 6.45) is 0. The first-order valence-corrected chi connectivity index (χ1v) is 8.11. The van der Waals surface area contributed by atoms with E-state index >= 15 is 0 Å². The smallest absolute Gasteiger partial charge is 0.253 e. The van der Waals surface area contributed by atoms with Gasteiger partial charge in [0.25, 0.3) is 5.78 Å². The Labute approximate surface area is 138 Å². The maximum Gasteiger partial charge on any atom is 0.253 e. The number of fused-ring (bicyclic) bond motifs is 1. The maximum absolute atomic E-state index is 8.75. The van der Waals surface area contributed by atoms with Crippen LogP contribution in [0.25, 0.3) is 5.78 Å². The fraction of sp³-hybridized carbons (Fsp3) is 0.250. The molecule has 2 heterocycles. The molecule has 3 aromatic rings. The van der Waals surface area contributed by atoms with Crippen LogP contribution in [0.1, 0.15) is 17.0 Å². The average Bonchev–Trinajstić information content (AvgIpc) is 2.95. The van der Waals surface area contributed by atoms with Crippen LogP contribution in [0, 0.1) is 25.2 Å². The molecule has 0 bridgehead atoms. The highest BCUT2D eigenvalue weighted by molar-refractivity contribution is 7.99. The van der Waals surface area contributed by atoms with Crippen LogP contribution in [0.3, 0.4) is 0 Å². The highest BCUT2D eigenvalue weighted by atomic mass is 32.2. The van der Waals surface area contributed by atoms with E-state index in [2.05, 4.69) is 21.1 Å². The van der Waals surface area contributed by atoms with Gasteiger partial charge in [0.2, 0.25) is 5.16 Å². The second-order valence-corrected chi connectivity index (χ2v) is 6.04. The Morgan fingerprint density at radius 2 is 2.00 bits per heavy atom. The van der Waals surface area contributed by atoms with Crippen LogP contribution in [-0.4, -0.2) is 31.9 Å². The third kappa shape index (κ3) is 3.60. The summed E-state index contributed by atoms with van der Waals surface area (Å²) < 4.78 is 7.38. The van der Waals surface area contributed by atoms with E-state index in [1.165, 1.54) is 11.8 Å². The number of hydrogen-bond acceptors (Lipinski definition) is 6. The van der Waals surface area contributed by atoms with Crippen LogP contribution in [0.2, 0.25) is 0 Å². The van der Waals surface area contributed by atoms with E-state index in [-0.39, 0.29) is 0 Å². The first kappa shape index (κ1) is 15.3. The Bertz CT molecular complexity index is 867. The van der Waals surface area contributed by atoms with Crippen molar-refractivity contribution in [3.63, 3.8) is 0 Å². The van der Waals surface area contributed by atoms with Crippen molar-refractivity contribution in [2.75, 3.05) is 12.4 Å². The van der Waals surface area contributed by atoms with Gasteiger partial charge in [0.1, 0.15) is 5.75 Å². The van der Waals surface area contributed by atoms with E-state index in [0.29, 0.717) is 23.1 Å². The second kappa shape index (κ2) is 6.67. The molecule has 23 heavy (non-hydrogen) atoms. The van der Waals surface area contributed by atoms with Crippen molar-refractivity contribution in [2.24, 2.45) is 0 Å². The summed E-state index contributed by atoms with van der Waals surface area (Å²) in [4.78, 5) is 8.78. The molecule has 0 radical (unpaired) electrons. The number of nitriles is 1. The van der Waals surface area contributed by atoms with Gasteiger partial charge in [-0.05, 0) is 44.2 Å². The average molecular weight is 325 g/mol. The van der Waals surface area contributed by atoms with E-state index in [9.17, 15) is 0 Å². The van der Waals surface area contributed by atoms with Crippen LogP contribution >= 0.6 is 11.8 Å². The Hall–Kier alpha value is -2.59. The van der Waals surface area contributed by atoms with E-state index in [1.807, 2.05) is 19.9 Å². The molecule has 0 saturated heterocycles. The van der Waals surface area contributed by atoms with Crippen LogP contribution in [-0.2, 0) is 0 Å². The topological polar surface area (TPSA) is 76.1 Å². The van der Waals surface area contributed by atoms with Gasteiger partial charge in [-0.15, -0.1) is 5.10 Å². The minimum atomic E-state index is 0.539. The normalized spacial score (nSPS) is 10.7. The van der Waals surface area contributed by atoms with E-state index in [0.717, 1.165) is 22.9 Å². The first-order chi connectivity index (χ1) is 11.2. The number of rotatable bonds is 5. The summed E-state index contributed by atoms with van der Waals surface area (Å²) in [7, 11) is 0. The molecule has 0 aliphatic rings. The third-order valence-corrected chi connectivity index (χ3v) is 3.97. The fourth-order valence-corrected chi connectivity index (χ4v) is 2.76. The molecular formula is C16H15N5OS. The third-order valence-electron chi connectivity index (χ3n) is 3.17. The van der Waals surface area contributed by atoms with Crippen molar-refractivity contribution in [3.05, 3.63) is 47.3 Å². The zero-order valence-corrected chi connectivity index (χ0v) is 13.7. The molecule has 0 unspecified atom stereocenters. The summed E-state index contributed by atoms with van der Waals surface area (Å²) in [6.45, 7) is 4.47. The van der Waals surface area contributed by atoms with Crippen molar-refractivity contribution in [1.82, 2.24) is 19.6 Å². The molecule has 3 rings (SSSR count). The standard InChI is InChI=1S/C16H15N5OS/c1-11-9-12(2)21-15(18-11)19-16(20-21)23-8-7-22-14-5-3-13(10-17)4-6-14/h3-6,9H,7-8H2,1-2H3. The van der Waals surface area contributed by atoms with Gasteiger partial charge in [0, 0.05) is 17.1 Å². The maximum atomic E-state index is 8.75. The van der Waals surface area contributed by atoms with Gasteiger partial charge < -0.3 is 4.74 Å². The van der Waals surface area contributed by atoms with E-state index < -0.39 is 0 Å². The number of thioether (sulfide) groups is 1. The molecule has 7 heteroatoms. The Morgan fingerprint density at radius 3 is 2.74 bits per heavy atom. The molecule has 0 aliphatic heterocycles. The zero-order chi connectivity index (χ0) is 16.2. The summed E-state index contributed by atoms with van der Waals surface area (Å²) in [5.41, 5.74) is 2.57. The van der Waals surface area contributed by atoms with Crippen LogP contribution in [0.4, 0.5) is 0 Å². The fourth-order valence-electron chi connectivity index (χ4n) is 2.13. The SMILES string of the molecule is Cc1cc(C)n2nc(SCCOc3ccc(C#N)cc3)nc2n1. The molecule has 2 aromatic heterocycles. The van der Waals surface area contributed by atoms with Crippen molar-refractivity contribution in [2.45, 2.75) is 19.0 Å². The highest BCUT2D eigenvalue weighted by Gasteiger charge is 2.08. The molecule has 0 saturated carbocycles. The zero-order valence-electron chi connectivity index (χ0n) is 12.9. The van der Waals surface area contributed by atoms with E-state index in [4.69, 9.17) is 10.00 Å². The lowest BCUT2D eigenvalue weighted by molar-refractivity contribution is 0.344. The number of hydrogen-bond donors (Lipinski definition) is 0. The Balaban J connectivity index is 1.56. The van der Waals surface area contributed by atoms with Crippen LogP contribution < -0.4 is 4.74 Å². The Kier molecular flexibility index (Phi) is 4.44. The monoisotopic (exact) mass is 325 g/mol. The summed E-state index contributed by atoms with van der Waals surface area (Å²) >= 11 is 1.53.